The highest BCUT2D eigenvalue weighted by Crippen LogP contribution is 2.42. The third-order valence-corrected chi connectivity index (χ3v) is 3.37. The van der Waals surface area contributed by atoms with Crippen LogP contribution < -0.4 is 0 Å². The van der Waals surface area contributed by atoms with Crippen LogP contribution in [0.1, 0.15) is 39.5 Å². The van der Waals surface area contributed by atoms with Crippen LogP contribution >= 0.6 is 7.37 Å². The summed E-state index contributed by atoms with van der Waals surface area (Å²) in [4.78, 5) is 9.28. The smallest absolute Gasteiger partial charge is 0.222 e. The van der Waals surface area contributed by atoms with E-state index in [-0.39, 0.29) is 0 Å². The topological polar surface area (TPSA) is 37.3 Å². The quantitative estimate of drug-likeness (QED) is 0.515. The predicted molar refractivity (Wildman–Crippen MR) is 53.6 cm³/mol. The van der Waals surface area contributed by atoms with Gasteiger partial charge in [0.15, 0.2) is 0 Å². The average Bonchev–Trinajstić information content (AvgIpc) is 1.98. The van der Waals surface area contributed by atoms with E-state index in [1.54, 1.807) is 0 Å². The third-order valence-electron chi connectivity index (χ3n) is 1.61. The fourth-order valence-corrected chi connectivity index (χ4v) is 2.22. The molecule has 0 aliphatic heterocycles. The second-order valence-corrected chi connectivity index (χ2v) is 5.26. The Morgan fingerprint density at radius 2 is 2.00 bits per heavy atom. The zero-order chi connectivity index (χ0) is 9.45. The average molecular weight is 190 g/mol. The van der Waals surface area contributed by atoms with E-state index in [1.165, 1.54) is 5.82 Å². The molecule has 12 heavy (non-hydrogen) atoms. The van der Waals surface area contributed by atoms with Gasteiger partial charge in [0.2, 0.25) is 7.37 Å². The summed E-state index contributed by atoms with van der Waals surface area (Å²) in [5, 5.41) is 0. The van der Waals surface area contributed by atoms with Crippen LogP contribution in [0.2, 0.25) is 0 Å². The van der Waals surface area contributed by atoms with Crippen molar-refractivity contribution in [2.75, 3.05) is 6.16 Å². The van der Waals surface area contributed by atoms with E-state index in [2.05, 4.69) is 6.92 Å². The summed E-state index contributed by atoms with van der Waals surface area (Å²) in [6.45, 7) is 4.03. The molecule has 0 amide bonds. The van der Waals surface area contributed by atoms with E-state index in [1.807, 2.05) is 13.0 Å². The van der Waals surface area contributed by atoms with Crippen molar-refractivity contribution in [1.82, 2.24) is 0 Å². The first-order valence-corrected chi connectivity index (χ1v) is 6.53. The lowest BCUT2D eigenvalue weighted by atomic mass is 10.2. The Balaban J connectivity index is 3.72. The van der Waals surface area contributed by atoms with E-state index in [0.717, 1.165) is 25.7 Å². The van der Waals surface area contributed by atoms with E-state index >= 15 is 0 Å². The monoisotopic (exact) mass is 190 g/mol. The summed E-state index contributed by atoms with van der Waals surface area (Å²) in [6, 6.07) is 0. The highest BCUT2D eigenvalue weighted by Gasteiger charge is 2.10. The minimum Gasteiger partial charge on any atom is -0.341 e. The minimum atomic E-state index is -2.91. The number of allylic oxidation sites excluding steroid dienone is 1. The van der Waals surface area contributed by atoms with Gasteiger partial charge in [-0.3, -0.25) is 4.57 Å². The molecule has 0 heterocycles. The Hall–Kier alpha value is -0.0700. The van der Waals surface area contributed by atoms with Crippen molar-refractivity contribution in [3.63, 3.8) is 0 Å². The molecule has 0 radical (unpaired) electrons. The van der Waals surface area contributed by atoms with Crippen molar-refractivity contribution >= 4 is 7.37 Å². The number of hydrogen-bond donors (Lipinski definition) is 1. The molecular formula is C9H19O2P. The largest absolute Gasteiger partial charge is 0.341 e. The summed E-state index contributed by atoms with van der Waals surface area (Å²) >= 11 is 0. The van der Waals surface area contributed by atoms with E-state index in [4.69, 9.17) is 0 Å². The van der Waals surface area contributed by atoms with Crippen LogP contribution in [0.4, 0.5) is 0 Å². The van der Waals surface area contributed by atoms with Crippen LogP contribution in [0.15, 0.2) is 11.9 Å². The molecule has 0 aliphatic rings. The van der Waals surface area contributed by atoms with Crippen molar-refractivity contribution < 1.29 is 9.46 Å². The van der Waals surface area contributed by atoms with Crippen molar-refractivity contribution in [2.24, 2.45) is 0 Å². The zero-order valence-corrected chi connectivity index (χ0v) is 8.89. The van der Waals surface area contributed by atoms with Gasteiger partial charge in [0.05, 0.1) is 0 Å². The van der Waals surface area contributed by atoms with Crippen LogP contribution in [0.3, 0.4) is 0 Å². The van der Waals surface area contributed by atoms with Gasteiger partial charge in [0.1, 0.15) is 0 Å². The first kappa shape index (κ1) is 11.9. The maximum Gasteiger partial charge on any atom is 0.222 e. The number of rotatable bonds is 6. The molecule has 1 unspecified atom stereocenters. The second-order valence-electron chi connectivity index (χ2n) is 3.01. The van der Waals surface area contributed by atoms with Crippen LogP contribution in [0.5, 0.6) is 0 Å². The Kier molecular flexibility index (Phi) is 6.41. The van der Waals surface area contributed by atoms with E-state index in [9.17, 15) is 9.46 Å². The molecule has 1 atom stereocenters. The Labute approximate surface area is 75.1 Å². The SMILES string of the molecule is CCCCC=CP(=O)(O)CCC. The molecule has 0 spiro atoms. The lowest BCUT2D eigenvalue weighted by molar-refractivity contribution is 0.487. The molecule has 0 aromatic rings. The van der Waals surface area contributed by atoms with Crippen LogP contribution in [-0.2, 0) is 4.57 Å². The molecule has 0 aromatic carbocycles. The van der Waals surface area contributed by atoms with Gasteiger partial charge in [0.25, 0.3) is 0 Å². The molecule has 0 saturated heterocycles. The molecule has 0 rings (SSSR count). The van der Waals surface area contributed by atoms with Gasteiger partial charge >= 0.3 is 0 Å². The van der Waals surface area contributed by atoms with Crippen molar-refractivity contribution in [1.29, 1.82) is 0 Å². The summed E-state index contributed by atoms with van der Waals surface area (Å²) in [5.74, 6) is 1.49. The fraction of sp³-hybridized carbons (Fsp3) is 0.778. The first-order chi connectivity index (χ1) is 5.62. The van der Waals surface area contributed by atoms with Crippen molar-refractivity contribution in [3.8, 4) is 0 Å². The summed E-state index contributed by atoms with van der Waals surface area (Å²) in [6.07, 6.45) is 6.17. The zero-order valence-electron chi connectivity index (χ0n) is 7.99. The molecule has 0 fully saturated rings. The van der Waals surface area contributed by atoms with Gasteiger partial charge in [-0.25, -0.2) is 0 Å². The fourth-order valence-electron chi connectivity index (χ4n) is 0.956. The van der Waals surface area contributed by atoms with Gasteiger partial charge < -0.3 is 4.89 Å². The molecule has 2 nitrogen and oxygen atoms in total. The second kappa shape index (κ2) is 6.45. The van der Waals surface area contributed by atoms with E-state index < -0.39 is 7.37 Å². The van der Waals surface area contributed by atoms with Crippen molar-refractivity contribution in [2.45, 2.75) is 39.5 Å². The van der Waals surface area contributed by atoms with Gasteiger partial charge in [-0.15, -0.1) is 0 Å². The molecular weight excluding hydrogens is 171 g/mol. The van der Waals surface area contributed by atoms with Crippen molar-refractivity contribution in [3.05, 3.63) is 11.9 Å². The first-order valence-electron chi connectivity index (χ1n) is 4.61. The summed E-state index contributed by atoms with van der Waals surface area (Å²) < 4.78 is 11.2. The molecule has 0 aliphatic carbocycles. The molecule has 0 saturated carbocycles. The molecule has 0 bridgehead atoms. The normalized spacial score (nSPS) is 16.6. The van der Waals surface area contributed by atoms with Crippen LogP contribution in [0.25, 0.3) is 0 Å². The Bertz CT molecular complexity index is 175. The Morgan fingerprint density at radius 1 is 1.33 bits per heavy atom. The number of unbranched alkanes of at least 4 members (excludes halogenated alkanes) is 2. The highest BCUT2D eigenvalue weighted by atomic mass is 31.2. The van der Waals surface area contributed by atoms with Gasteiger partial charge in [-0.2, -0.15) is 0 Å². The molecule has 1 N–H and O–H groups in total. The van der Waals surface area contributed by atoms with Gasteiger partial charge in [0, 0.05) is 6.16 Å². The summed E-state index contributed by atoms with van der Waals surface area (Å²) in [7, 11) is -2.91. The highest BCUT2D eigenvalue weighted by molar-refractivity contribution is 7.61. The molecule has 0 aromatic heterocycles. The number of hydrogen-bond acceptors (Lipinski definition) is 1. The lowest BCUT2D eigenvalue weighted by Crippen LogP contribution is -1.82. The van der Waals surface area contributed by atoms with Crippen LogP contribution in [-0.4, -0.2) is 11.1 Å². The maximum atomic E-state index is 11.2. The van der Waals surface area contributed by atoms with E-state index in [0.29, 0.717) is 6.16 Å². The van der Waals surface area contributed by atoms with Gasteiger partial charge in [-0.05, 0) is 18.7 Å². The Morgan fingerprint density at radius 3 is 2.50 bits per heavy atom. The van der Waals surface area contributed by atoms with Gasteiger partial charge in [-0.1, -0.05) is 32.8 Å². The maximum absolute atomic E-state index is 11.2. The molecule has 3 heteroatoms. The predicted octanol–water partition coefficient (Wildman–Crippen LogP) is 3.37. The minimum absolute atomic E-state index is 0.412. The third kappa shape index (κ3) is 6.63. The molecule has 72 valence electrons. The lowest BCUT2D eigenvalue weighted by Gasteiger charge is -2.02. The summed E-state index contributed by atoms with van der Waals surface area (Å²) in [5.41, 5.74) is 0. The van der Waals surface area contributed by atoms with Crippen LogP contribution in [0, 0.1) is 0 Å². The standard InChI is InChI=1S/C9H19O2P/c1-3-5-6-7-9-12(10,11)8-4-2/h7,9H,3-6,8H2,1-2H3,(H,10,11).